The number of furan rings is 1. The molecule has 0 spiro atoms. The van der Waals surface area contributed by atoms with Crippen LogP contribution in [0.2, 0.25) is 0 Å². The van der Waals surface area contributed by atoms with Crippen LogP contribution < -0.4 is 5.32 Å². The highest BCUT2D eigenvalue weighted by Crippen LogP contribution is 2.40. The smallest absolute Gasteiger partial charge is 0.237 e. The van der Waals surface area contributed by atoms with Gasteiger partial charge in [0.1, 0.15) is 11.5 Å². The molecule has 0 bridgehead atoms. The summed E-state index contributed by atoms with van der Waals surface area (Å²) in [7, 11) is 1.60. The normalized spacial score (nSPS) is 16.4. The molecule has 0 atom stereocenters. The van der Waals surface area contributed by atoms with Gasteiger partial charge < -0.3 is 9.73 Å². The Balaban J connectivity index is 1.77. The van der Waals surface area contributed by atoms with Crippen LogP contribution in [-0.2, 0) is 17.8 Å². The number of Topliss-reactive ketones (excluding diaryl/α,β-unsaturated/α-hetero) is 2. The Labute approximate surface area is 138 Å². The molecule has 4 rings (SSSR count). The number of fused-ring (bicyclic) bond motifs is 5. The van der Waals surface area contributed by atoms with E-state index in [-0.39, 0.29) is 12.5 Å². The number of hydrogen-bond acceptors (Lipinski definition) is 5. The molecule has 1 aromatic carbocycles. The van der Waals surface area contributed by atoms with Crippen molar-refractivity contribution in [2.75, 3.05) is 20.1 Å². The van der Waals surface area contributed by atoms with Gasteiger partial charge in [-0.2, -0.15) is 0 Å². The van der Waals surface area contributed by atoms with E-state index in [2.05, 4.69) is 5.32 Å². The Hall–Kier alpha value is -2.73. The molecule has 2 aliphatic rings. The molecular formula is C18H16N2O4. The number of likely N-dealkylation sites (N-methyl/N-ethyl adjacent to an activating group) is 1. The molecule has 0 fully saturated rings. The van der Waals surface area contributed by atoms with Gasteiger partial charge >= 0.3 is 0 Å². The molecule has 0 radical (unpaired) electrons. The van der Waals surface area contributed by atoms with Crippen LogP contribution in [0.25, 0.3) is 11.3 Å². The molecule has 1 aliphatic carbocycles. The number of ketones is 2. The van der Waals surface area contributed by atoms with Crippen molar-refractivity contribution >= 4 is 17.5 Å². The summed E-state index contributed by atoms with van der Waals surface area (Å²) in [6.07, 6.45) is 0.590. The summed E-state index contributed by atoms with van der Waals surface area (Å²) in [5, 5.41) is 2.60. The van der Waals surface area contributed by atoms with E-state index >= 15 is 0 Å². The lowest BCUT2D eigenvalue weighted by Gasteiger charge is -2.25. The van der Waals surface area contributed by atoms with Crippen LogP contribution in [0.15, 0.2) is 28.7 Å². The van der Waals surface area contributed by atoms with Crippen LogP contribution in [-0.4, -0.2) is 42.5 Å². The van der Waals surface area contributed by atoms with Crippen LogP contribution in [0.3, 0.4) is 0 Å². The summed E-state index contributed by atoms with van der Waals surface area (Å²) in [4.78, 5) is 38.4. The maximum Gasteiger partial charge on any atom is 0.237 e. The largest absolute Gasteiger partial charge is 0.459 e. The van der Waals surface area contributed by atoms with Crippen LogP contribution in [0, 0.1) is 0 Å². The van der Waals surface area contributed by atoms with Crippen molar-refractivity contribution in [3.63, 3.8) is 0 Å². The van der Waals surface area contributed by atoms with Crippen LogP contribution in [0.1, 0.15) is 32.0 Å². The second kappa shape index (κ2) is 5.42. The van der Waals surface area contributed by atoms with Gasteiger partial charge in [-0.15, -0.1) is 0 Å². The van der Waals surface area contributed by atoms with Crippen molar-refractivity contribution in [2.24, 2.45) is 0 Å². The molecule has 6 heteroatoms. The summed E-state index contributed by atoms with van der Waals surface area (Å²) in [5.74, 6) is 0.129. The SMILES string of the molecule is CNC(=O)CN1CCc2c(oc3c2C(=O)C(=O)c2ccccc2-3)C1. The topological polar surface area (TPSA) is 79.6 Å². The van der Waals surface area contributed by atoms with Crippen LogP contribution >= 0.6 is 0 Å². The standard InChI is InChI=1S/C18H16N2O4/c1-19-14(21)9-20-7-6-12-13(8-20)24-18-11-5-3-2-4-10(11)16(22)17(23)15(12)18/h2-5H,6-9H2,1H3,(H,19,21). The highest BCUT2D eigenvalue weighted by Gasteiger charge is 2.38. The van der Waals surface area contributed by atoms with E-state index in [0.29, 0.717) is 47.7 Å². The summed E-state index contributed by atoms with van der Waals surface area (Å²) >= 11 is 0. The zero-order chi connectivity index (χ0) is 16.8. The lowest BCUT2D eigenvalue weighted by atomic mass is 9.85. The van der Waals surface area contributed by atoms with Crippen LogP contribution in [0.5, 0.6) is 0 Å². The summed E-state index contributed by atoms with van der Waals surface area (Å²) in [6.45, 7) is 1.39. The molecule has 1 N–H and O–H groups in total. The second-order valence-electron chi connectivity index (χ2n) is 6.05. The molecule has 0 unspecified atom stereocenters. The first kappa shape index (κ1) is 14.8. The zero-order valence-corrected chi connectivity index (χ0v) is 13.2. The van der Waals surface area contributed by atoms with Gasteiger partial charge in [-0.3, -0.25) is 19.3 Å². The van der Waals surface area contributed by atoms with E-state index in [9.17, 15) is 14.4 Å². The number of nitrogens with zero attached hydrogens (tertiary/aromatic N) is 1. The number of carbonyl (C=O) groups is 3. The van der Waals surface area contributed by atoms with Gasteiger partial charge in [-0.05, 0) is 6.42 Å². The van der Waals surface area contributed by atoms with Gasteiger partial charge in [0, 0.05) is 30.3 Å². The minimum Gasteiger partial charge on any atom is -0.459 e. The first-order chi connectivity index (χ1) is 11.6. The third-order valence-corrected chi connectivity index (χ3v) is 4.63. The molecule has 24 heavy (non-hydrogen) atoms. The fraction of sp³-hybridized carbons (Fsp3) is 0.278. The molecule has 1 aliphatic heterocycles. The van der Waals surface area contributed by atoms with E-state index in [1.807, 2.05) is 11.0 Å². The average Bonchev–Trinajstić information content (AvgIpc) is 2.98. The van der Waals surface area contributed by atoms with Crippen molar-refractivity contribution in [3.05, 3.63) is 46.7 Å². The highest BCUT2D eigenvalue weighted by atomic mass is 16.3. The number of benzene rings is 1. The van der Waals surface area contributed by atoms with E-state index in [1.165, 1.54) is 0 Å². The van der Waals surface area contributed by atoms with E-state index in [0.717, 1.165) is 5.56 Å². The first-order valence-electron chi connectivity index (χ1n) is 7.86. The van der Waals surface area contributed by atoms with Crippen LogP contribution in [0.4, 0.5) is 0 Å². The fourth-order valence-corrected chi connectivity index (χ4v) is 3.42. The lowest BCUT2D eigenvalue weighted by molar-refractivity contribution is -0.122. The lowest BCUT2D eigenvalue weighted by Crippen LogP contribution is -2.38. The molecule has 0 saturated carbocycles. The van der Waals surface area contributed by atoms with Gasteiger partial charge in [-0.1, -0.05) is 24.3 Å². The zero-order valence-electron chi connectivity index (χ0n) is 13.2. The molecule has 1 aromatic heterocycles. The Kier molecular flexibility index (Phi) is 3.35. The van der Waals surface area contributed by atoms with Gasteiger partial charge in [0.2, 0.25) is 17.5 Å². The fourth-order valence-electron chi connectivity index (χ4n) is 3.42. The maximum atomic E-state index is 12.5. The molecular weight excluding hydrogens is 308 g/mol. The number of hydrogen-bond donors (Lipinski definition) is 1. The van der Waals surface area contributed by atoms with Crippen molar-refractivity contribution in [3.8, 4) is 11.3 Å². The van der Waals surface area contributed by atoms with Gasteiger partial charge in [0.25, 0.3) is 0 Å². The Morgan fingerprint density at radius 2 is 1.96 bits per heavy atom. The Morgan fingerprint density at radius 3 is 2.71 bits per heavy atom. The number of rotatable bonds is 2. The van der Waals surface area contributed by atoms with Crippen molar-refractivity contribution in [2.45, 2.75) is 13.0 Å². The Bertz CT molecular complexity index is 881. The summed E-state index contributed by atoms with van der Waals surface area (Å²) in [5.41, 5.74) is 2.28. The molecule has 2 aromatic rings. The second-order valence-corrected chi connectivity index (χ2v) is 6.05. The minimum atomic E-state index is -0.492. The van der Waals surface area contributed by atoms with Gasteiger partial charge in [-0.25, -0.2) is 0 Å². The highest BCUT2D eigenvalue weighted by molar-refractivity contribution is 6.53. The molecule has 6 nitrogen and oxygen atoms in total. The average molecular weight is 324 g/mol. The third-order valence-electron chi connectivity index (χ3n) is 4.63. The third kappa shape index (κ3) is 2.11. The predicted octanol–water partition coefficient (Wildman–Crippen LogP) is 1.43. The molecule has 1 amide bonds. The monoisotopic (exact) mass is 324 g/mol. The predicted molar refractivity (Wildman–Crippen MR) is 85.9 cm³/mol. The van der Waals surface area contributed by atoms with E-state index < -0.39 is 11.6 Å². The molecule has 2 heterocycles. The maximum absolute atomic E-state index is 12.5. The quantitative estimate of drug-likeness (QED) is 0.846. The Morgan fingerprint density at radius 1 is 1.21 bits per heavy atom. The number of carbonyl (C=O) groups excluding carboxylic acids is 3. The molecule has 0 saturated heterocycles. The van der Waals surface area contributed by atoms with E-state index in [4.69, 9.17) is 4.42 Å². The van der Waals surface area contributed by atoms with E-state index in [1.54, 1.807) is 25.2 Å². The summed E-state index contributed by atoms with van der Waals surface area (Å²) in [6, 6.07) is 7.02. The number of nitrogens with one attached hydrogen (secondary N) is 1. The van der Waals surface area contributed by atoms with Gasteiger partial charge in [0.05, 0.1) is 18.7 Å². The summed E-state index contributed by atoms with van der Waals surface area (Å²) < 4.78 is 5.97. The van der Waals surface area contributed by atoms with Crippen molar-refractivity contribution in [1.82, 2.24) is 10.2 Å². The first-order valence-corrected chi connectivity index (χ1v) is 7.86. The molecule has 122 valence electrons. The minimum absolute atomic E-state index is 0.0635. The number of amides is 1. The van der Waals surface area contributed by atoms with Gasteiger partial charge in [0.15, 0.2) is 0 Å². The van der Waals surface area contributed by atoms with Crippen molar-refractivity contribution < 1.29 is 18.8 Å². The van der Waals surface area contributed by atoms with Crippen molar-refractivity contribution in [1.29, 1.82) is 0 Å².